The minimum absolute atomic E-state index is 0.165. The van der Waals surface area contributed by atoms with Crippen LogP contribution in [0.3, 0.4) is 0 Å². The summed E-state index contributed by atoms with van der Waals surface area (Å²) in [5, 5.41) is 0. The first kappa shape index (κ1) is 16.6. The second-order valence-corrected chi connectivity index (χ2v) is 5.30. The molecule has 0 atom stereocenters. The van der Waals surface area contributed by atoms with Gasteiger partial charge in [-0.15, -0.1) is 0 Å². The van der Waals surface area contributed by atoms with E-state index in [1.54, 1.807) is 0 Å². The summed E-state index contributed by atoms with van der Waals surface area (Å²) in [4.78, 5) is 23.4. The van der Waals surface area contributed by atoms with Crippen LogP contribution in [0.5, 0.6) is 5.75 Å². The number of hydrogen-bond acceptors (Lipinski definition) is 3. The van der Waals surface area contributed by atoms with Crippen LogP contribution in [0.4, 0.5) is 0 Å². The number of benzene rings is 1. The second-order valence-electron chi connectivity index (χ2n) is 5.30. The lowest BCUT2D eigenvalue weighted by molar-refractivity contribution is -0.128. The van der Waals surface area contributed by atoms with Crippen molar-refractivity contribution in [3.05, 3.63) is 53.9 Å². The Morgan fingerprint density at radius 3 is 2.61 bits per heavy atom. The van der Waals surface area contributed by atoms with E-state index in [2.05, 4.69) is 10.9 Å². The van der Waals surface area contributed by atoms with Crippen molar-refractivity contribution in [2.24, 2.45) is 7.05 Å². The van der Waals surface area contributed by atoms with Crippen LogP contribution in [-0.4, -0.2) is 23.0 Å². The van der Waals surface area contributed by atoms with Crippen LogP contribution in [-0.2, 0) is 23.1 Å². The zero-order chi connectivity index (χ0) is 16.7. The summed E-state index contributed by atoms with van der Waals surface area (Å²) in [6, 6.07) is 11.3. The Kier molecular flexibility index (Phi) is 5.80. The molecule has 0 unspecified atom stereocenters. The predicted molar refractivity (Wildman–Crippen MR) is 86.7 cm³/mol. The largest absolute Gasteiger partial charge is 0.493 e. The van der Waals surface area contributed by atoms with Crippen molar-refractivity contribution in [3.8, 4) is 5.75 Å². The Hall–Kier alpha value is -2.76. The predicted octanol–water partition coefficient (Wildman–Crippen LogP) is 1.49. The first-order valence-electron chi connectivity index (χ1n) is 7.42. The number of aryl methyl sites for hydroxylation is 2. The molecule has 23 heavy (non-hydrogen) atoms. The van der Waals surface area contributed by atoms with E-state index < -0.39 is 0 Å². The standard InChI is InChI=1S/C17H21N3O3/c1-13-5-3-7-15(11-13)23-10-8-16(21)18-19-17(22)12-14-6-4-9-20(14)2/h3-7,9,11H,8,10,12H2,1-2H3,(H,18,21)(H,19,22). The van der Waals surface area contributed by atoms with Crippen LogP contribution in [0.1, 0.15) is 17.7 Å². The number of hydrogen-bond donors (Lipinski definition) is 2. The molecule has 0 aliphatic carbocycles. The summed E-state index contributed by atoms with van der Waals surface area (Å²) in [6.45, 7) is 2.23. The van der Waals surface area contributed by atoms with Crippen LogP contribution in [0.25, 0.3) is 0 Å². The lowest BCUT2D eigenvalue weighted by Crippen LogP contribution is -2.42. The van der Waals surface area contributed by atoms with E-state index in [0.717, 1.165) is 17.0 Å². The normalized spacial score (nSPS) is 10.2. The van der Waals surface area contributed by atoms with Crippen LogP contribution < -0.4 is 15.6 Å². The monoisotopic (exact) mass is 315 g/mol. The molecule has 1 heterocycles. The lowest BCUT2D eigenvalue weighted by atomic mass is 10.2. The van der Waals surface area contributed by atoms with E-state index in [1.165, 1.54) is 0 Å². The molecule has 2 aromatic rings. The highest BCUT2D eigenvalue weighted by atomic mass is 16.5. The number of hydrazine groups is 1. The maximum absolute atomic E-state index is 11.7. The van der Waals surface area contributed by atoms with Gasteiger partial charge in [-0.1, -0.05) is 12.1 Å². The molecule has 0 saturated carbocycles. The van der Waals surface area contributed by atoms with Gasteiger partial charge >= 0.3 is 0 Å². The van der Waals surface area contributed by atoms with E-state index in [4.69, 9.17) is 4.74 Å². The Morgan fingerprint density at radius 2 is 1.91 bits per heavy atom. The zero-order valence-electron chi connectivity index (χ0n) is 13.3. The summed E-state index contributed by atoms with van der Waals surface area (Å²) in [6.07, 6.45) is 2.24. The quantitative estimate of drug-likeness (QED) is 0.793. The third kappa shape index (κ3) is 5.50. The Bertz CT molecular complexity index is 679. The summed E-state index contributed by atoms with van der Waals surface area (Å²) in [5.74, 6) is 0.170. The number of aromatic nitrogens is 1. The highest BCUT2D eigenvalue weighted by Gasteiger charge is 2.07. The van der Waals surface area contributed by atoms with Gasteiger partial charge in [-0.05, 0) is 36.8 Å². The molecule has 2 amide bonds. The topological polar surface area (TPSA) is 72.4 Å². The van der Waals surface area contributed by atoms with E-state index in [-0.39, 0.29) is 31.3 Å². The summed E-state index contributed by atoms with van der Waals surface area (Å²) < 4.78 is 7.35. The van der Waals surface area contributed by atoms with Crippen molar-refractivity contribution in [2.75, 3.05) is 6.61 Å². The SMILES string of the molecule is Cc1cccc(OCCC(=O)NNC(=O)Cc2cccn2C)c1. The number of amides is 2. The molecule has 2 N–H and O–H groups in total. The molecule has 6 nitrogen and oxygen atoms in total. The average Bonchev–Trinajstić information content (AvgIpc) is 2.90. The van der Waals surface area contributed by atoms with Gasteiger partial charge in [0.1, 0.15) is 5.75 Å². The van der Waals surface area contributed by atoms with Crippen LogP contribution in [0, 0.1) is 6.92 Å². The highest BCUT2D eigenvalue weighted by molar-refractivity contribution is 5.83. The first-order chi connectivity index (χ1) is 11.0. The highest BCUT2D eigenvalue weighted by Crippen LogP contribution is 2.12. The van der Waals surface area contributed by atoms with Gasteiger partial charge in [0.2, 0.25) is 11.8 Å². The molecule has 1 aromatic carbocycles. The molecular formula is C17H21N3O3. The van der Waals surface area contributed by atoms with Crippen molar-refractivity contribution in [3.63, 3.8) is 0 Å². The maximum atomic E-state index is 11.7. The van der Waals surface area contributed by atoms with E-state index in [0.29, 0.717) is 0 Å². The molecule has 0 radical (unpaired) electrons. The Morgan fingerprint density at radius 1 is 1.13 bits per heavy atom. The second kappa shape index (κ2) is 8.03. The average molecular weight is 315 g/mol. The van der Waals surface area contributed by atoms with Crippen LogP contribution in [0.2, 0.25) is 0 Å². The molecule has 0 saturated heterocycles. The van der Waals surface area contributed by atoms with Gasteiger partial charge in [-0.25, -0.2) is 0 Å². The number of carbonyl (C=O) groups excluding carboxylic acids is 2. The van der Waals surface area contributed by atoms with Gasteiger partial charge in [0.05, 0.1) is 19.4 Å². The molecule has 2 rings (SSSR count). The van der Waals surface area contributed by atoms with Crippen molar-refractivity contribution in [1.29, 1.82) is 0 Å². The number of nitrogens with one attached hydrogen (secondary N) is 2. The van der Waals surface area contributed by atoms with Gasteiger partial charge in [0.25, 0.3) is 0 Å². The Balaban J connectivity index is 1.65. The zero-order valence-corrected chi connectivity index (χ0v) is 13.3. The molecule has 0 aliphatic rings. The molecular weight excluding hydrogens is 294 g/mol. The number of rotatable bonds is 6. The lowest BCUT2D eigenvalue weighted by Gasteiger charge is -2.09. The summed E-state index contributed by atoms with van der Waals surface area (Å²) >= 11 is 0. The smallest absolute Gasteiger partial charge is 0.244 e. The Labute approximate surface area is 135 Å². The molecule has 1 aromatic heterocycles. The van der Waals surface area contributed by atoms with Gasteiger partial charge in [-0.3, -0.25) is 20.4 Å². The maximum Gasteiger partial charge on any atom is 0.244 e. The van der Waals surface area contributed by atoms with Gasteiger partial charge in [0, 0.05) is 18.9 Å². The fourth-order valence-electron chi connectivity index (χ4n) is 2.06. The first-order valence-corrected chi connectivity index (χ1v) is 7.42. The van der Waals surface area contributed by atoms with Crippen molar-refractivity contribution < 1.29 is 14.3 Å². The fraction of sp³-hybridized carbons (Fsp3) is 0.294. The third-order valence-electron chi connectivity index (χ3n) is 3.32. The number of nitrogens with zero attached hydrogens (tertiary/aromatic N) is 1. The van der Waals surface area contributed by atoms with E-state index >= 15 is 0 Å². The number of ether oxygens (including phenoxy) is 1. The minimum Gasteiger partial charge on any atom is -0.493 e. The molecule has 122 valence electrons. The van der Waals surface area contributed by atoms with Crippen LogP contribution >= 0.6 is 0 Å². The summed E-state index contributed by atoms with van der Waals surface area (Å²) in [5.41, 5.74) is 6.75. The van der Waals surface area contributed by atoms with E-state index in [1.807, 2.05) is 61.1 Å². The van der Waals surface area contributed by atoms with Crippen molar-refractivity contribution in [1.82, 2.24) is 15.4 Å². The molecule has 0 fully saturated rings. The molecule has 0 bridgehead atoms. The van der Waals surface area contributed by atoms with Crippen LogP contribution in [0.15, 0.2) is 42.6 Å². The fourth-order valence-corrected chi connectivity index (χ4v) is 2.06. The van der Waals surface area contributed by atoms with E-state index in [9.17, 15) is 9.59 Å². The van der Waals surface area contributed by atoms with Crippen molar-refractivity contribution >= 4 is 11.8 Å². The van der Waals surface area contributed by atoms with Gasteiger partial charge in [-0.2, -0.15) is 0 Å². The van der Waals surface area contributed by atoms with Crippen molar-refractivity contribution in [2.45, 2.75) is 19.8 Å². The van der Waals surface area contributed by atoms with Gasteiger partial charge in [0.15, 0.2) is 0 Å². The van der Waals surface area contributed by atoms with Gasteiger partial charge < -0.3 is 9.30 Å². The minimum atomic E-state index is -0.294. The summed E-state index contributed by atoms with van der Waals surface area (Å²) in [7, 11) is 1.86. The number of carbonyl (C=O) groups is 2. The third-order valence-corrected chi connectivity index (χ3v) is 3.32. The molecule has 6 heteroatoms. The molecule has 0 aliphatic heterocycles. The molecule has 0 spiro atoms.